The number of nitriles is 1. The van der Waals surface area contributed by atoms with E-state index in [1.165, 1.54) is 5.56 Å². The van der Waals surface area contributed by atoms with E-state index in [-0.39, 0.29) is 0 Å². The van der Waals surface area contributed by atoms with Gasteiger partial charge in [0.05, 0.1) is 19.6 Å². The molecule has 0 radical (unpaired) electrons. The lowest BCUT2D eigenvalue weighted by atomic mass is 10.1. The molecular formula is C14H20N2O. The maximum absolute atomic E-state index is 8.65. The molecule has 0 saturated carbocycles. The van der Waals surface area contributed by atoms with Crippen molar-refractivity contribution in [3.05, 3.63) is 29.8 Å². The predicted octanol–water partition coefficient (Wildman–Crippen LogP) is 2.52. The van der Waals surface area contributed by atoms with Crippen LogP contribution in [-0.4, -0.2) is 19.7 Å². The lowest BCUT2D eigenvalue weighted by Gasteiger charge is -2.13. The van der Waals surface area contributed by atoms with Crippen LogP contribution in [0.4, 0.5) is 0 Å². The van der Waals surface area contributed by atoms with Gasteiger partial charge in [-0.3, -0.25) is 0 Å². The topological polar surface area (TPSA) is 45.0 Å². The van der Waals surface area contributed by atoms with Crippen LogP contribution in [0.5, 0.6) is 5.75 Å². The number of nitrogens with one attached hydrogen (secondary N) is 1. The molecule has 1 N–H and O–H groups in total. The van der Waals surface area contributed by atoms with Gasteiger partial charge >= 0.3 is 0 Å². The summed E-state index contributed by atoms with van der Waals surface area (Å²) in [5.74, 6) is 0.895. The van der Waals surface area contributed by atoms with Crippen molar-refractivity contribution in [3.8, 4) is 11.8 Å². The Morgan fingerprint density at radius 2 is 2.29 bits per heavy atom. The molecule has 1 atom stereocenters. The third-order valence-electron chi connectivity index (χ3n) is 2.81. The van der Waals surface area contributed by atoms with E-state index in [0.29, 0.717) is 12.5 Å². The molecule has 0 aliphatic rings. The molecule has 0 aromatic heterocycles. The first kappa shape index (κ1) is 13.5. The summed E-state index contributed by atoms with van der Waals surface area (Å²) in [4.78, 5) is 0. The third kappa shape index (κ3) is 4.88. The summed E-state index contributed by atoms with van der Waals surface area (Å²) in [7, 11) is 1.68. The molecule has 0 saturated heterocycles. The van der Waals surface area contributed by atoms with E-state index in [1.54, 1.807) is 7.11 Å². The zero-order valence-corrected chi connectivity index (χ0v) is 10.6. The summed E-state index contributed by atoms with van der Waals surface area (Å²) in [6, 6.07) is 10.6. The Hall–Kier alpha value is -1.53. The number of hydrogen-bond acceptors (Lipinski definition) is 3. The molecular weight excluding hydrogens is 212 g/mol. The summed E-state index contributed by atoms with van der Waals surface area (Å²) in [5, 5.41) is 12.0. The molecule has 1 unspecified atom stereocenters. The fourth-order valence-electron chi connectivity index (χ4n) is 1.72. The van der Waals surface area contributed by atoms with Gasteiger partial charge in [0.2, 0.25) is 0 Å². The molecule has 0 heterocycles. The fourth-order valence-corrected chi connectivity index (χ4v) is 1.72. The zero-order valence-electron chi connectivity index (χ0n) is 10.6. The molecule has 1 rings (SSSR count). The van der Waals surface area contributed by atoms with Crippen LogP contribution >= 0.6 is 0 Å². The molecule has 0 bridgehead atoms. The molecule has 92 valence electrons. The number of hydrogen-bond donors (Lipinski definition) is 1. The first-order valence-electron chi connectivity index (χ1n) is 6.03. The van der Waals surface area contributed by atoms with E-state index in [2.05, 4.69) is 24.4 Å². The SMILES string of the molecule is CCC(CC#N)NCCc1cccc(OC)c1. The summed E-state index contributed by atoms with van der Waals surface area (Å²) in [5.41, 5.74) is 1.25. The Morgan fingerprint density at radius 3 is 2.94 bits per heavy atom. The summed E-state index contributed by atoms with van der Waals surface area (Å²) >= 11 is 0. The minimum Gasteiger partial charge on any atom is -0.497 e. The Balaban J connectivity index is 2.37. The Kier molecular flexibility index (Phi) is 6.13. The van der Waals surface area contributed by atoms with Gasteiger partial charge in [0, 0.05) is 6.04 Å². The molecule has 3 nitrogen and oxygen atoms in total. The van der Waals surface area contributed by atoms with Crippen molar-refractivity contribution in [1.29, 1.82) is 5.26 Å². The third-order valence-corrected chi connectivity index (χ3v) is 2.81. The van der Waals surface area contributed by atoms with Crippen molar-refractivity contribution < 1.29 is 4.74 Å². The van der Waals surface area contributed by atoms with Gasteiger partial charge in [0.25, 0.3) is 0 Å². The van der Waals surface area contributed by atoms with Crippen LogP contribution in [0.15, 0.2) is 24.3 Å². The van der Waals surface area contributed by atoms with Crippen LogP contribution in [0.1, 0.15) is 25.3 Å². The van der Waals surface area contributed by atoms with Gasteiger partial charge in [0.15, 0.2) is 0 Å². The lowest BCUT2D eigenvalue weighted by molar-refractivity contribution is 0.414. The smallest absolute Gasteiger partial charge is 0.119 e. The summed E-state index contributed by atoms with van der Waals surface area (Å²) < 4.78 is 5.18. The highest BCUT2D eigenvalue weighted by molar-refractivity contribution is 5.28. The lowest BCUT2D eigenvalue weighted by Crippen LogP contribution is -2.29. The van der Waals surface area contributed by atoms with Crippen LogP contribution in [0, 0.1) is 11.3 Å². The van der Waals surface area contributed by atoms with E-state index in [4.69, 9.17) is 10.00 Å². The molecule has 0 spiro atoms. The Morgan fingerprint density at radius 1 is 1.47 bits per heavy atom. The maximum Gasteiger partial charge on any atom is 0.119 e. The number of ether oxygens (including phenoxy) is 1. The summed E-state index contributed by atoms with van der Waals surface area (Å²) in [6.07, 6.45) is 2.53. The average Bonchev–Trinajstić information content (AvgIpc) is 2.38. The molecule has 3 heteroatoms. The molecule has 1 aromatic carbocycles. The van der Waals surface area contributed by atoms with Crippen molar-refractivity contribution in [3.63, 3.8) is 0 Å². The molecule has 0 aliphatic heterocycles. The minimum atomic E-state index is 0.311. The largest absolute Gasteiger partial charge is 0.497 e. The first-order chi connectivity index (χ1) is 8.30. The van der Waals surface area contributed by atoms with E-state index in [9.17, 15) is 0 Å². The number of benzene rings is 1. The van der Waals surface area contributed by atoms with Crippen LogP contribution in [-0.2, 0) is 6.42 Å². The second-order valence-corrected chi connectivity index (χ2v) is 4.02. The quantitative estimate of drug-likeness (QED) is 0.785. The van der Waals surface area contributed by atoms with Gasteiger partial charge in [-0.25, -0.2) is 0 Å². The molecule has 1 aromatic rings. The van der Waals surface area contributed by atoms with Gasteiger partial charge in [-0.05, 0) is 37.1 Å². The monoisotopic (exact) mass is 232 g/mol. The van der Waals surface area contributed by atoms with Gasteiger partial charge in [0.1, 0.15) is 5.75 Å². The average molecular weight is 232 g/mol. The standard InChI is InChI=1S/C14H20N2O/c1-3-13(7-9-15)16-10-8-12-5-4-6-14(11-12)17-2/h4-6,11,13,16H,3,7-8,10H2,1-2H3. The van der Waals surface area contributed by atoms with Crippen molar-refractivity contribution in [2.24, 2.45) is 0 Å². The van der Waals surface area contributed by atoms with Crippen LogP contribution < -0.4 is 10.1 Å². The van der Waals surface area contributed by atoms with Gasteiger partial charge in [-0.15, -0.1) is 0 Å². The van der Waals surface area contributed by atoms with Gasteiger partial charge in [-0.2, -0.15) is 5.26 Å². The van der Waals surface area contributed by atoms with E-state index in [1.807, 2.05) is 18.2 Å². The normalized spacial score (nSPS) is 11.8. The van der Waals surface area contributed by atoms with Crippen LogP contribution in [0.25, 0.3) is 0 Å². The van der Waals surface area contributed by atoms with Crippen molar-refractivity contribution in [2.45, 2.75) is 32.2 Å². The van der Waals surface area contributed by atoms with Crippen molar-refractivity contribution in [2.75, 3.05) is 13.7 Å². The Labute approximate surface area is 103 Å². The van der Waals surface area contributed by atoms with Crippen LogP contribution in [0.2, 0.25) is 0 Å². The Bertz CT molecular complexity index is 371. The van der Waals surface area contributed by atoms with Gasteiger partial charge in [-0.1, -0.05) is 19.1 Å². The number of rotatable bonds is 7. The maximum atomic E-state index is 8.65. The zero-order chi connectivity index (χ0) is 12.5. The highest BCUT2D eigenvalue weighted by Crippen LogP contribution is 2.12. The second kappa shape index (κ2) is 7.70. The molecule has 0 aliphatic carbocycles. The predicted molar refractivity (Wildman–Crippen MR) is 69.0 cm³/mol. The van der Waals surface area contributed by atoms with Crippen molar-refractivity contribution >= 4 is 0 Å². The van der Waals surface area contributed by atoms with E-state index < -0.39 is 0 Å². The fraction of sp³-hybridized carbons (Fsp3) is 0.500. The van der Waals surface area contributed by atoms with E-state index in [0.717, 1.165) is 25.1 Å². The van der Waals surface area contributed by atoms with Gasteiger partial charge < -0.3 is 10.1 Å². The summed E-state index contributed by atoms with van der Waals surface area (Å²) in [6.45, 7) is 2.99. The first-order valence-corrected chi connectivity index (χ1v) is 6.03. The molecule has 17 heavy (non-hydrogen) atoms. The highest BCUT2D eigenvalue weighted by Gasteiger charge is 2.04. The molecule has 0 fully saturated rings. The number of nitrogens with zero attached hydrogens (tertiary/aromatic N) is 1. The second-order valence-electron chi connectivity index (χ2n) is 4.02. The van der Waals surface area contributed by atoms with E-state index >= 15 is 0 Å². The minimum absolute atomic E-state index is 0.311. The van der Waals surface area contributed by atoms with Crippen molar-refractivity contribution in [1.82, 2.24) is 5.32 Å². The molecule has 0 amide bonds. The highest BCUT2D eigenvalue weighted by atomic mass is 16.5. The van der Waals surface area contributed by atoms with Crippen LogP contribution in [0.3, 0.4) is 0 Å². The number of methoxy groups -OCH3 is 1.